The number of amides is 1. The largest absolute Gasteiger partial charge is 0.383 e. The molecule has 1 aromatic rings. The average molecular weight is 194 g/mol. The molecule has 1 aromatic heterocycles. The number of nitrogens with zero attached hydrogens (tertiary/aromatic N) is 1. The zero-order chi connectivity index (χ0) is 9.26. The van der Waals surface area contributed by atoms with E-state index in [0.717, 1.165) is 18.4 Å². The molecule has 68 valence electrons. The number of carbonyl (C=O) groups excluding carboxylic acids is 1. The Kier molecular flexibility index (Phi) is 2.14. The molecule has 1 saturated carbocycles. The molecule has 0 spiro atoms. The van der Waals surface area contributed by atoms with Crippen molar-refractivity contribution >= 4 is 23.1 Å². The van der Waals surface area contributed by atoms with Gasteiger partial charge in [0.1, 0.15) is 5.84 Å². The minimum absolute atomic E-state index is 0.0660. The highest BCUT2D eigenvalue weighted by Crippen LogP contribution is 2.30. The zero-order valence-corrected chi connectivity index (χ0v) is 7.88. The van der Waals surface area contributed by atoms with Crippen LogP contribution in [-0.4, -0.2) is 11.7 Å². The van der Waals surface area contributed by atoms with Crippen molar-refractivity contribution in [1.82, 2.24) is 0 Å². The van der Waals surface area contributed by atoms with Crippen LogP contribution in [0.5, 0.6) is 0 Å². The molecular formula is C9H10N2OS. The number of thiophene rings is 1. The second kappa shape index (κ2) is 3.30. The highest BCUT2D eigenvalue weighted by atomic mass is 32.1. The van der Waals surface area contributed by atoms with Crippen LogP contribution in [0.25, 0.3) is 0 Å². The van der Waals surface area contributed by atoms with Gasteiger partial charge in [-0.25, -0.2) is 0 Å². The van der Waals surface area contributed by atoms with Gasteiger partial charge in [0, 0.05) is 16.9 Å². The van der Waals surface area contributed by atoms with Gasteiger partial charge in [0.15, 0.2) is 0 Å². The number of hydrogen-bond donors (Lipinski definition) is 1. The molecule has 0 radical (unpaired) electrons. The summed E-state index contributed by atoms with van der Waals surface area (Å²) in [5.41, 5.74) is 6.49. The normalized spacial score (nSPS) is 17.4. The Morgan fingerprint density at radius 3 is 2.92 bits per heavy atom. The van der Waals surface area contributed by atoms with Crippen molar-refractivity contribution in [3.8, 4) is 0 Å². The van der Waals surface area contributed by atoms with Gasteiger partial charge < -0.3 is 5.73 Å². The van der Waals surface area contributed by atoms with E-state index in [0.29, 0.717) is 5.84 Å². The summed E-state index contributed by atoms with van der Waals surface area (Å²) < 4.78 is 0. The lowest BCUT2D eigenvalue weighted by atomic mass is 10.3. The van der Waals surface area contributed by atoms with E-state index in [1.165, 1.54) is 0 Å². The van der Waals surface area contributed by atoms with E-state index in [-0.39, 0.29) is 11.8 Å². The number of nitrogens with two attached hydrogens (primary N) is 1. The first-order valence-corrected chi connectivity index (χ1v) is 5.12. The summed E-state index contributed by atoms with van der Waals surface area (Å²) in [6.45, 7) is 0. The van der Waals surface area contributed by atoms with Gasteiger partial charge in [0.25, 0.3) is 5.91 Å². The summed E-state index contributed by atoms with van der Waals surface area (Å²) in [7, 11) is 0. The van der Waals surface area contributed by atoms with Crippen LogP contribution in [-0.2, 0) is 4.79 Å². The van der Waals surface area contributed by atoms with Gasteiger partial charge in [-0.2, -0.15) is 16.3 Å². The molecule has 0 bridgehead atoms. The molecule has 4 heteroatoms. The van der Waals surface area contributed by atoms with Crippen LogP contribution in [0.1, 0.15) is 18.4 Å². The first-order chi connectivity index (χ1) is 6.27. The van der Waals surface area contributed by atoms with Crippen molar-refractivity contribution in [2.24, 2.45) is 16.6 Å². The maximum Gasteiger partial charge on any atom is 0.250 e. The summed E-state index contributed by atoms with van der Waals surface area (Å²) in [4.78, 5) is 15.1. The van der Waals surface area contributed by atoms with Crippen molar-refractivity contribution in [1.29, 1.82) is 0 Å². The number of amidine groups is 1. The van der Waals surface area contributed by atoms with Gasteiger partial charge in [-0.1, -0.05) is 0 Å². The number of hydrogen-bond acceptors (Lipinski definition) is 2. The minimum Gasteiger partial charge on any atom is -0.383 e. The summed E-state index contributed by atoms with van der Waals surface area (Å²) in [6.07, 6.45) is 1.94. The molecule has 1 aliphatic carbocycles. The molecule has 0 saturated heterocycles. The van der Waals surface area contributed by atoms with E-state index in [2.05, 4.69) is 4.99 Å². The van der Waals surface area contributed by atoms with Gasteiger partial charge in [0.2, 0.25) is 0 Å². The monoisotopic (exact) mass is 194 g/mol. The molecule has 13 heavy (non-hydrogen) atoms. The summed E-state index contributed by atoms with van der Waals surface area (Å²) >= 11 is 1.55. The van der Waals surface area contributed by atoms with E-state index in [1.807, 2.05) is 16.8 Å². The van der Waals surface area contributed by atoms with Crippen LogP contribution < -0.4 is 5.73 Å². The Labute approximate surface area is 80.3 Å². The molecule has 1 fully saturated rings. The Hall–Kier alpha value is -1.16. The summed E-state index contributed by atoms with van der Waals surface area (Å²) in [5.74, 6) is 0.430. The fourth-order valence-corrected chi connectivity index (χ4v) is 1.66. The lowest BCUT2D eigenvalue weighted by Crippen LogP contribution is -2.15. The zero-order valence-electron chi connectivity index (χ0n) is 7.06. The Morgan fingerprint density at radius 2 is 2.38 bits per heavy atom. The molecule has 1 aliphatic rings. The summed E-state index contributed by atoms with van der Waals surface area (Å²) in [6, 6.07) is 1.86. The number of aliphatic imine (C=N–C) groups is 1. The Balaban J connectivity index is 2.11. The third-order valence-corrected chi connectivity index (χ3v) is 2.66. The molecule has 0 unspecified atom stereocenters. The van der Waals surface area contributed by atoms with E-state index in [4.69, 9.17) is 5.73 Å². The SMILES string of the molecule is NC(=NC(=O)C1CC1)c1ccsc1. The molecule has 0 aliphatic heterocycles. The molecular weight excluding hydrogens is 184 g/mol. The average Bonchev–Trinajstić information content (AvgIpc) is 2.81. The van der Waals surface area contributed by atoms with Gasteiger partial charge in [-0.05, 0) is 24.3 Å². The Bertz CT molecular complexity index is 339. The van der Waals surface area contributed by atoms with Crippen molar-refractivity contribution < 1.29 is 4.79 Å². The van der Waals surface area contributed by atoms with Crippen molar-refractivity contribution in [3.63, 3.8) is 0 Å². The van der Waals surface area contributed by atoms with Crippen LogP contribution in [0, 0.1) is 5.92 Å². The third-order valence-electron chi connectivity index (χ3n) is 1.97. The van der Waals surface area contributed by atoms with Crippen molar-refractivity contribution in [2.75, 3.05) is 0 Å². The van der Waals surface area contributed by atoms with Crippen LogP contribution in [0.3, 0.4) is 0 Å². The summed E-state index contributed by atoms with van der Waals surface area (Å²) in [5, 5.41) is 3.80. The lowest BCUT2D eigenvalue weighted by molar-refractivity contribution is -0.118. The topological polar surface area (TPSA) is 55.4 Å². The molecule has 0 aromatic carbocycles. The highest BCUT2D eigenvalue weighted by Gasteiger charge is 2.29. The first kappa shape index (κ1) is 8.44. The van der Waals surface area contributed by atoms with Crippen LogP contribution >= 0.6 is 11.3 Å². The maximum absolute atomic E-state index is 11.2. The van der Waals surface area contributed by atoms with Gasteiger partial charge in [-0.15, -0.1) is 0 Å². The first-order valence-electron chi connectivity index (χ1n) is 4.18. The molecule has 2 rings (SSSR count). The maximum atomic E-state index is 11.2. The minimum atomic E-state index is -0.0660. The molecule has 1 amide bonds. The van der Waals surface area contributed by atoms with Crippen LogP contribution in [0.4, 0.5) is 0 Å². The predicted octanol–water partition coefficient (Wildman–Crippen LogP) is 1.39. The standard InChI is InChI=1S/C9H10N2OS/c10-8(7-3-4-13-5-7)11-9(12)6-1-2-6/h3-6H,1-2H2,(H2,10,11,12). The molecule has 0 atom stereocenters. The second-order valence-electron chi connectivity index (χ2n) is 3.12. The smallest absolute Gasteiger partial charge is 0.250 e. The second-order valence-corrected chi connectivity index (χ2v) is 3.90. The molecule has 3 nitrogen and oxygen atoms in total. The quantitative estimate of drug-likeness (QED) is 0.571. The predicted molar refractivity (Wildman–Crippen MR) is 52.8 cm³/mol. The van der Waals surface area contributed by atoms with Gasteiger partial charge in [0.05, 0.1) is 0 Å². The highest BCUT2D eigenvalue weighted by molar-refractivity contribution is 7.08. The Morgan fingerprint density at radius 1 is 1.62 bits per heavy atom. The number of rotatable bonds is 2. The lowest BCUT2D eigenvalue weighted by Gasteiger charge is -1.94. The molecule has 1 heterocycles. The van der Waals surface area contributed by atoms with Crippen LogP contribution in [0.2, 0.25) is 0 Å². The van der Waals surface area contributed by atoms with E-state index < -0.39 is 0 Å². The van der Waals surface area contributed by atoms with Gasteiger partial charge in [-0.3, -0.25) is 4.79 Å². The van der Waals surface area contributed by atoms with Crippen LogP contribution in [0.15, 0.2) is 21.8 Å². The fraction of sp³-hybridized carbons (Fsp3) is 0.333. The number of carbonyl (C=O) groups is 1. The van der Waals surface area contributed by atoms with E-state index in [1.54, 1.807) is 11.3 Å². The fourth-order valence-electron chi connectivity index (χ4n) is 1.02. The van der Waals surface area contributed by atoms with Crippen molar-refractivity contribution in [3.05, 3.63) is 22.4 Å². The van der Waals surface area contributed by atoms with E-state index >= 15 is 0 Å². The van der Waals surface area contributed by atoms with Gasteiger partial charge >= 0.3 is 0 Å². The van der Waals surface area contributed by atoms with E-state index in [9.17, 15) is 4.79 Å². The van der Waals surface area contributed by atoms with Crippen molar-refractivity contribution in [2.45, 2.75) is 12.8 Å². The molecule has 2 N–H and O–H groups in total. The third kappa shape index (κ3) is 1.95.